The van der Waals surface area contributed by atoms with Gasteiger partial charge in [0.25, 0.3) is 5.91 Å². The molecule has 1 aromatic carbocycles. The summed E-state index contributed by atoms with van der Waals surface area (Å²) in [4.78, 5) is 19.9. The average molecular weight is 387 g/mol. The van der Waals surface area contributed by atoms with Gasteiger partial charge < -0.3 is 10.7 Å². The first-order valence-corrected chi connectivity index (χ1v) is 6.74. The zero-order valence-electron chi connectivity index (χ0n) is 9.52. The van der Waals surface area contributed by atoms with Crippen LogP contribution in [0.4, 0.5) is 11.5 Å². The number of nitrogens with one attached hydrogen (secondary N) is 2. The largest absolute Gasteiger partial charge is 0.319 e. The molecule has 0 aliphatic rings. The number of hydrazine groups is 1. The van der Waals surface area contributed by atoms with Crippen molar-refractivity contribution < 1.29 is 4.79 Å². The molecule has 8 heteroatoms. The van der Waals surface area contributed by atoms with Gasteiger partial charge in [-0.2, -0.15) is 0 Å². The van der Waals surface area contributed by atoms with E-state index in [0.717, 1.165) is 8.95 Å². The second-order valence-corrected chi connectivity index (χ2v) is 5.19. The van der Waals surface area contributed by atoms with Crippen LogP contribution in [-0.2, 0) is 0 Å². The third-order valence-electron chi connectivity index (χ3n) is 2.23. The van der Waals surface area contributed by atoms with Crippen molar-refractivity contribution in [2.24, 2.45) is 5.84 Å². The minimum atomic E-state index is -0.358. The molecule has 19 heavy (non-hydrogen) atoms. The van der Waals surface area contributed by atoms with Crippen LogP contribution in [0.1, 0.15) is 10.5 Å². The van der Waals surface area contributed by atoms with E-state index in [9.17, 15) is 4.79 Å². The quantitative estimate of drug-likeness (QED) is 0.556. The van der Waals surface area contributed by atoms with Crippen LogP contribution in [0, 0.1) is 0 Å². The normalized spacial score (nSPS) is 10.1. The van der Waals surface area contributed by atoms with E-state index in [2.05, 4.69) is 52.6 Å². The number of nitrogens with two attached hydrogens (primary N) is 1. The molecular formula is C11H9Br2N5O. The van der Waals surface area contributed by atoms with Gasteiger partial charge in [-0.1, -0.05) is 6.07 Å². The zero-order valence-corrected chi connectivity index (χ0v) is 12.7. The molecule has 0 saturated heterocycles. The summed E-state index contributed by atoms with van der Waals surface area (Å²) in [6.45, 7) is 0. The molecule has 0 spiro atoms. The highest BCUT2D eigenvalue weighted by atomic mass is 79.9. The van der Waals surface area contributed by atoms with Crippen molar-refractivity contribution in [2.45, 2.75) is 0 Å². The van der Waals surface area contributed by atoms with Gasteiger partial charge in [0.05, 0.1) is 18.1 Å². The van der Waals surface area contributed by atoms with Crippen molar-refractivity contribution in [3.8, 4) is 0 Å². The van der Waals surface area contributed by atoms with Crippen LogP contribution in [0.2, 0.25) is 0 Å². The Hall–Kier alpha value is -1.51. The fourth-order valence-electron chi connectivity index (χ4n) is 1.31. The van der Waals surface area contributed by atoms with Crippen molar-refractivity contribution in [3.05, 3.63) is 45.2 Å². The van der Waals surface area contributed by atoms with Crippen molar-refractivity contribution in [3.63, 3.8) is 0 Å². The van der Waals surface area contributed by atoms with Crippen molar-refractivity contribution in [1.82, 2.24) is 9.97 Å². The summed E-state index contributed by atoms with van der Waals surface area (Å²) in [5, 5.41) is 2.75. The summed E-state index contributed by atoms with van der Waals surface area (Å²) in [7, 11) is 0. The number of benzene rings is 1. The van der Waals surface area contributed by atoms with E-state index in [4.69, 9.17) is 5.84 Å². The molecule has 0 atom stereocenters. The molecule has 1 aromatic heterocycles. The first kappa shape index (κ1) is 13.9. The maximum Gasteiger partial charge on any atom is 0.275 e. The van der Waals surface area contributed by atoms with Crippen LogP contribution in [0.25, 0.3) is 0 Å². The minimum absolute atomic E-state index is 0.196. The Morgan fingerprint density at radius 3 is 2.37 bits per heavy atom. The molecule has 4 N–H and O–H groups in total. The Morgan fingerprint density at radius 1 is 1.16 bits per heavy atom. The highest BCUT2D eigenvalue weighted by Gasteiger charge is 2.12. The summed E-state index contributed by atoms with van der Waals surface area (Å²) in [6.07, 6.45) is 2.72. The maximum atomic E-state index is 12.0. The number of rotatable bonds is 3. The number of para-hydroxylation sites is 1. The van der Waals surface area contributed by atoms with E-state index in [-0.39, 0.29) is 11.6 Å². The summed E-state index contributed by atoms with van der Waals surface area (Å²) in [5.74, 6) is 5.20. The first-order valence-electron chi connectivity index (χ1n) is 5.16. The van der Waals surface area contributed by atoms with E-state index < -0.39 is 0 Å². The molecule has 2 rings (SSSR count). The Kier molecular flexibility index (Phi) is 4.46. The lowest BCUT2D eigenvalue weighted by Crippen LogP contribution is -2.16. The number of nitrogens with zero attached hydrogens (tertiary/aromatic N) is 2. The first-order chi connectivity index (χ1) is 9.11. The molecule has 0 unspecified atom stereocenters. The van der Waals surface area contributed by atoms with Crippen molar-refractivity contribution in [2.75, 3.05) is 10.7 Å². The zero-order chi connectivity index (χ0) is 13.8. The number of amides is 1. The van der Waals surface area contributed by atoms with Crippen LogP contribution in [0.15, 0.2) is 39.5 Å². The molecule has 0 aliphatic heterocycles. The number of nitrogen functional groups attached to an aromatic ring is 1. The lowest BCUT2D eigenvalue weighted by atomic mass is 10.3. The van der Waals surface area contributed by atoms with Crippen LogP contribution < -0.4 is 16.6 Å². The van der Waals surface area contributed by atoms with Crippen molar-refractivity contribution in [1.29, 1.82) is 0 Å². The van der Waals surface area contributed by atoms with Gasteiger partial charge >= 0.3 is 0 Å². The Labute approximate surface area is 126 Å². The SMILES string of the molecule is NNc1cnc(C(=O)Nc2c(Br)cccc2Br)cn1. The molecule has 2 aromatic rings. The van der Waals surface area contributed by atoms with Crippen LogP contribution >= 0.6 is 31.9 Å². The van der Waals surface area contributed by atoms with E-state index in [1.807, 2.05) is 18.2 Å². The van der Waals surface area contributed by atoms with E-state index in [0.29, 0.717) is 11.5 Å². The third kappa shape index (κ3) is 3.28. The van der Waals surface area contributed by atoms with Gasteiger partial charge in [-0.3, -0.25) is 4.79 Å². The summed E-state index contributed by atoms with van der Waals surface area (Å²) < 4.78 is 1.53. The van der Waals surface area contributed by atoms with Gasteiger partial charge in [-0.15, -0.1) is 0 Å². The lowest BCUT2D eigenvalue weighted by molar-refractivity contribution is 0.102. The maximum absolute atomic E-state index is 12.0. The number of aromatic nitrogens is 2. The topological polar surface area (TPSA) is 92.9 Å². The molecule has 0 bridgehead atoms. The molecule has 0 aliphatic carbocycles. The number of halogens is 2. The molecule has 1 amide bonds. The molecular weight excluding hydrogens is 378 g/mol. The van der Waals surface area contributed by atoms with E-state index in [1.165, 1.54) is 12.4 Å². The number of hydrogen-bond acceptors (Lipinski definition) is 5. The lowest BCUT2D eigenvalue weighted by Gasteiger charge is -2.09. The van der Waals surface area contributed by atoms with Gasteiger partial charge in [0, 0.05) is 8.95 Å². The van der Waals surface area contributed by atoms with Gasteiger partial charge in [0.1, 0.15) is 5.69 Å². The average Bonchev–Trinajstić information content (AvgIpc) is 2.43. The molecule has 0 fully saturated rings. The Morgan fingerprint density at radius 2 is 1.84 bits per heavy atom. The van der Waals surface area contributed by atoms with Gasteiger partial charge in [-0.25, -0.2) is 15.8 Å². The van der Waals surface area contributed by atoms with Gasteiger partial charge in [0.15, 0.2) is 5.82 Å². The smallest absolute Gasteiger partial charge is 0.275 e. The predicted octanol–water partition coefficient (Wildman–Crippen LogP) is 2.54. The Bertz CT molecular complexity index is 582. The predicted molar refractivity (Wildman–Crippen MR) is 79.6 cm³/mol. The fraction of sp³-hybridized carbons (Fsp3) is 0. The van der Waals surface area contributed by atoms with E-state index >= 15 is 0 Å². The highest BCUT2D eigenvalue weighted by molar-refractivity contribution is 9.11. The van der Waals surface area contributed by atoms with Crippen molar-refractivity contribution >= 4 is 49.3 Å². The van der Waals surface area contributed by atoms with Crippen LogP contribution in [0.5, 0.6) is 0 Å². The number of carbonyl (C=O) groups excluding carboxylic acids is 1. The number of anilines is 2. The van der Waals surface area contributed by atoms with Gasteiger partial charge in [-0.05, 0) is 44.0 Å². The molecule has 6 nitrogen and oxygen atoms in total. The highest BCUT2D eigenvalue weighted by Crippen LogP contribution is 2.30. The Balaban J connectivity index is 2.20. The van der Waals surface area contributed by atoms with Crippen LogP contribution in [-0.4, -0.2) is 15.9 Å². The summed E-state index contributed by atoms with van der Waals surface area (Å²) >= 11 is 6.73. The standard InChI is InChI=1S/C11H9Br2N5O/c12-6-2-1-3-7(13)10(6)17-11(19)8-4-16-9(18-14)5-15-8/h1-5H,14H2,(H,16,18)(H,17,19). The van der Waals surface area contributed by atoms with Crippen LogP contribution in [0.3, 0.4) is 0 Å². The summed E-state index contributed by atoms with van der Waals surface area (Å²) in [6, 6.07) is 5.51. The summed E-state index contributed by atoms with van der Waals surface area (Å²) in [5.41, 5.74) is 3.17. The molecule has 0 saturated carbocycles. The second kappa shape index (κ2) is 6.09. The molecule has 0 radical (unpaired) electrons. The molecule has 98 valence electrons. The number of carbonyl (C=O) groups is 1. The monoisotopic (exact) mass is 385 g/mol. The van der Waals surface area contributed by atoms with E-state index in [1.54, 1.807) is 0 Å². The minimum Gasteiger partial charge on any atom is -0.319 e. The van der Waals surface area contributed by atoms with Gasteiger partial charge in [0.2, 0.25) is 0 Å². The molecule has 1 heterocycles. The number of hydrogen-bond donors (Lipinski definition) is 3. The fourth-order valence-corrected chi connectivity index (χ4v) is 2.51. The second-order valence-electron chi connectivity index (χ2n) is 3.48. The third-order valence-corrected chi connectivity index (χ3v) is 3.56.